The van der Waals surface area contributed by atoms with Crippen LogP contribution in [-0.4, -0.2) is 31.4 Å². The van der Waals surface area contributed by atoms with Crippen LogP contribution in [0.15, 0.2) is 0 Å². The van der Waals surface area contributed by atoms with E-state index in [0.717, 1.165) is 19.3 Å². The van der Waals surface area contributed by atoms with E-state index < -0.39 is 11.7 Å². The van der Waals surface area contributed by atoms with Crippen LogP contribution in [0.2, 0.25) is 0 Å². The summed E-state index contributed by atoms with van der Waals surface area (Å²) in [6.45, 7) is 8.33. The lowest BCUT2D eigenvalue weighted by Gasteiger charge is -2.31. The highest BCUT2D eigenvalue weighted by Crippen LogP contribution is 2.33. The van der Waals surface area contributed by atoms with Gasteiger partial charge in [-0.15, -0.1) is 0 Å². The molecule has 1 saturated heterocycles. The SMILES string of the molecule is CCOC(=O)C(C)CC(C)(CC)C(=O)OC1CCCCO1. The number of rotatable bonds is 7. The van der Waals surface area contributed by atoms with E-state index in [0.29, 0.717) is 26.1 Å². The summed E-state index contributed by atoms with van der Waals surface area (Å²) < 4.78 is 15.9. The Balaban J connectivity index is 2.59. The molecule has 3 atom stereocenters. The molecule has 0 aromatic carbocycles. The molecular formula is C16H28O5. The molecule has 0 aromatic heterocycles. The van der Waals surface area contributed by atoms with E-state index in [-0.39, 0.29) is 17.9 Å². The first-order chi connectivity index (χ1) is 9.92. The Morgan fingerprint density at radius 3 is 2.57 bits per heavy atom. The van der Waals surface area contributed by atoms with Gasteiger partial charge in [0.15, 0.2) is 0 Å². The monoisotopic (exact) mass is 300 g/mol. The van der Waals surface area contributed by atoms with E-state index in [1.165, 1.54) is 0 Å². The lowest BCUT2D eigenvalue weighted by molar-refractivity contribution is -0.198. The Morgan fingerprint density at radius 2 is 2.05 bits per heavy atom. The minimum absolute atomic E-state index is 0.265. The van der Waals surface area contributed by atoms with E-state index in [1.54, 1.807) is 13.8 Å². The second-order valence-corrected chi connectivity index (χ2v) is 5.97. The third-order valence-corrected chi connectivity index (χ3v) is 4.10. The van der Waals surface area contributed by atoms with Crippen LogP contribution in [-0.2, 0) is 23.8 Å². The van der Waals surface area contributed by atoms with Crippen LogP contribution in [0.1, 0.15) is 59.8 Å². The van der Waals surface area contributed by atoms with Crippen LogP contribution in [0.5, 0.6) is 0 Å². The predicted octanol–water partition coefficient (Wildman–Crippen LogP) is 3.06. The number of hydrogen-bond acceptors (Lipinski definition) is 5. The lowest BCUT2D eigenvalue weighted by Crippen LogP contribution is -2.37. The van der Waals surface area contributed by atoms with Gasteiger partial charge in [-0.05, 0) is 39.5 Å². The Bertz CT molecular complexity index is 349. The van der Waals surface area contributed by atoms with Crippen LogP contribution in [0.25, 0.3) is 0 Å². The highest BCUT2D eigenvalue weighted by atomic mass is 16.7. The van der Waals surface area contributed by atoms with E-state index in [4.69, 9.17) is 14.2 Å². The largest absolute Gasteiger partial charge is 0.466 e. The van der Waals surface area contributed by atoms with E-state index in [2.05, 4.69) is 0 Å². The van der Waals surface area contributed by atoms with Crippen LogP contribution in [0.3, 0.4) is 0 Å². The smallest absolute Gasteiger partial charge is 0.314 e. The molecule has 122 valence electrons. The van der Waals surface area contributed by atoms with Gasteiger partial charge < -0.3 is 14.2 Å². The summed E-state index contributed by atoms with van der Waals surface area (Å²) in [5.74, 6) is -0.873. The topological polar surface area (TPSA) is 61.8 Å². The molecule has 3 unspecified atom stereocenters. The number of carbonyl (C=O) groups is 2. The standard InChI is InChI=1S/C16H28O5/c1-5-16(4,11-12(3)14(17)19-6-2)15(18)21-13-9-7-8-10-20-13/h12-13H,5-11H2,1-4H3. The summed E-state index contributed by atoms with van der Waals surface area (Å²) in [6, 6.07) is 0. The minimum atomic E-state index is -0.688. The molecule has 1 fully saturated rings. The van der Waals surface area contributed by atoms with Gasteiger partial charge in [-0.1, -0.05) is 13.8 Å². The second kappa shape index (κ2) is 8.37. The van der Waals surface area contributed by atoms with Gasteiger partial charge >= 0.3 is 11.9 Å². The molecule has 0 amide bonds. The van der Waals surface area contributed by atoms with Crippen LogP contribution in [0, 0.1) is 11.3 Å². The van der Waals surface area contributed by atoms with Crippen molar-refractivity contribution in [1.82, 2.24) is 0 Å². The van der Waals surface area contributed by atoms with Gasteiger partial charge in [-0.25, -0.2) is 0 Å². The average Bonchev–Trinajstić information content (AvgIpc) is 2.48. The highest BCUT2D eigenvalue weighted by molar-refractivity contribution is 5.78. The summed E-state index contributed by atoms with van der Waals surface area (Å²) in [4.78, 5) is 24.2. The number of ether oxygens (including phenoxy) is 3. The van der Waals surface area contributed by atoms with Gasteiger partial charge in [-0.3, -0.25) is 9.59 Å². The van der Waals surface area contributed by atoms with Gasteiger partial charge in [-0.2, -0.15) is 0 Å². The fourth-order valence-corrected chi connectivity index (χ4v) is 2.48. The molecule has 1 rings (SSSR count). The fourth-order valence-electron chi connectivity index (χ4n) is 2.48. The maximum atomic E-state index is 12.4. The Labute approximate surface area is 127 Å². The summed E-state index contributed by atoms with van der Waals surface area (Å²) in [5, 5.41) is 0. The average molecular weight is 300 g/mol. The van der Waals surface area contributed by atoms with Crippen molar-refractivity contribution in [2.75, 3.05) is 13.2 Å². The van der Waals surface area contributed by atoms with Crippen molar-refractivity contribution in [1.29, 1.82) is 0 Å². The Morgan fingerprint density at radius 1 is 1.33 bits per heavy atom. The summed E-state index contributed by atoms with van der Waals surface area (Å²) in [5.41, 5.74) is -0.688. The van der Waals surface area contributed by atoms with Gasteiger partial charge in [0.2, 0.25) is 6.29 Å². The molecule has 0 radical (unpaired) electrons. The molecule has 5 heteroatoms. The lowest BCUT2D eigenvalue weighted by atomic mass is 9.79. The van der Waals surface area contributed by atoms with Crippen LogP contribution >= 0.6 is 0 Å². The molecule has 0 aliphatic carbocycles. The Kier molecular flexibility index (Phi) is 7.15. The Hall–Kier alpha value is -1.10. The number of carbonyl (C=O) groups excluding carboxylic acids is 2. The molecule has 5 nitrogen and oxygen atoms in total. The van der Waals surface area contributed by atoms with Crippen LogP contribution < -0.4 is 0 Å². The molecule has 0 N–H and O–H groups in total. The van der Waals surface area contributed by atoms with E-state index >= 15 is 0 Å². The number of hydrogen-bond donors (Lipinski definition) is 0. The summed E-state index contributed by atoms with van der Waals surface area (Å²) in [6.07, 6.45) is 3.38. The second-order valence-electron chi connectivity index (χ2n) is 5.97. The molecule has 21 heavy (non-hydrogen) atoms. The first-order valence-corrected chi connectivity index (χ1v) is 7.92. The third-order valence-electron chi connectivity index (χ3n) is 4.10. The van der Waals surface area contributed by atoms with Gasteiger partial charge in [0.05, 0.1) is 24.5 Å². The molecular weight excluding hydrogens is 272 g/mol. The fraction of sp³-hybridized carbons (Fsp3) is 0.875. The maximum absolute atomic E-state index is 12.4. The third kappa shape index (κ3) is 5.30. The molecule has 0 bridgehead atoms. The minimum Gasteiger partial charge on any atom is -0.466 e. The van der Waals surface area contributed by atoms with Gasteiger partial charge in [0.1, 0.15) is 0 Å². The van der Waals surface area contributed by atoms with E-state index in [1.807, 2.05) is 13.8 Å². The predicted molar refractivity (Wildman–Crippen MR) is 78.5 cm³/mol. The van der Waals surface area contributed by atoms with Crippen LogP contribution in [0.4, 0.5) is 0 Å². The molecule has 1 aliphatic rings. The normalized spacial score (nSPS) is 23.0. The van der Waals surface area contributed by atoms with Crippen molar-refractivity contribution in [3.63, 3.8) is 0 Å². The molecule has 0 spiro atoms. The zero-order valence-electron chi connectivity index (χ0n) is 13.6. The van der Waals surface area contributed by atoms with Crippen molar-refractivity contribution in [2.45, 2.75) is 66.1 Å². The highest BCUT2D eigenvalue weighted by Gasteiger charge is 2.38. The molecule has 0 aromatic rings. The first kappa shape index (κ1) is 18.0. The van der Waals surface area contributed by atoms with Crippen molar-refractivity contribution in [3.05, 3.63) is 0 Å². The zero-order chi connectivity index (χ0) is 15.9. The first-order valence-electron chi connectivity index (χ1n) is 7.92. The van der Waals surface area contributed by atoms with Gasteiger partial charge in [0.25, 0.3) is 0 Å². The molecule has 1 heterocycles. The summed E-state index contributed by atoms with van der Waals surface area (Å²) >= 11 is 0. The number of esters is 2. The molecule has 0 saturated carbocycles. The van der Waals surface area contributed by atoms with Gasteiger partial charge in [0, 0.05) is 6.42 Å². The van der Waals surface area contributed by atoms with Crippen molar-refractivity contribution < 1.29 is 23.8 Å². The molecule has 1 aliphatic heterocycles. The van der Waals surface area contributed by atoms with Crippen molar-refractivity contribution in [3.8, 4) is 0 Å². The van der Waals surface area contributed by atoms with E-state index in [9.17, 15) is 9.59 Å². The maximum Gasteiger partial charge on any atom is 0.314 e. The quantitative estimate of drug-likeness (QED) is 0.676. The zero-order valence-corrected chi connectivity index (χ0v) is 13.6. The van der Waals surface area contributed by atoms with Crippen molar-refractivity contribution >= 4 is 11.9 Å². The summed E-state index contributed by atoms with van der Waals surface area (Å²) in [7, 11) is 0. The van der Waals surface area contributed by atoms with Crippen molar-refractivity contribution in [2.24, 2.45) is 11.3 Å².